The number of carbonyl (C=O) groups is 1. The molecule has 0 amide bonds. The van der Waals surface area contributed by atoms with Gasteiger partial charge in [0, 0.05) is 16.6 Å². The first-order chi connectivity index (χ1) is 9.70. The molecule has 1 aromatic heterocycles. The predicted molar refractivity (Wildman–Crippen MR) is 82.6 cm³/mol. The van der Waals surface area contributed by atoms with Crippen LogP contribution in [0, 0.1) is 0 Å². The summed E-state index contributed by atoms with van der Waals surface area (Å²) in [6.45, 7) is 0.498. The lowest BCUT2D eigenvalue weighted by atomic mass is 10.3. The van der Waals surface area contributed by atoms with Crippen LogP contribution in [0.5, 0.6) is 0 Å². The van der Waals surface area contributed by atoms with E-state index in [0.29, 0.717) is 11.7 Å². The van der Waals surface area contributed by atoms with Crippen LogP contribution in [0.4, 0.5) is 10.8 Å². The third-order valence-corrected chi connectivity index (χ3v) is 5.27. The maximum absolute atomic E-state index is 11.4. The van der Waals surface area contributed by atoms with Crippen LogP contribution < -0.4 is 5.32 Å². The molecule has 3 rings (SSSR count). The Hall–Kier alpha value is -1.12. The molecule has 8 heteroatoms. The van der Waals surface area contributed by atoms with Crippen LogP contribution in [0.15, 0.2) is 33.1 Å². The molecule has 0 bridgehead atoms. The van der Waals surface area contributed by atoms with Crippen molar-refractivity contribution >= 4 is 55.8 Å². The monoisotopic (exact) mass is 371 g/mol. The number of thioether (sulfide) groups is 1. The Morgan fingerprint density at radius 1 is 1.45 bits per heavy atom. The zero-order valence-corrected chi connectivity index (χ0v) is 13.4. The molecule has 1 aliphatic heterocycles. The summed E-state index contributed by atoms with van der Waals surface area (Å²) < 4.78 is 6.69. The molecule has 1 aliphatic rings. The number of nitrogens with zero attached hydrogens (tertiary/aromatic N) is 2. The van der Waals surface area contributed by atoms with Gasteiger partial charge in [0.25, 0.3) is 0 Å². The Balaban J connectivity index is 1.66. The highest BCUT2D eigenvalue weighted by atomic mass is 79.9. The third kappa shape index (κ3) is 3.31. The fourth-order valence-electron chi connectivity index (χ4n) is 1.70. The van der Waals surface area contributed by atoms with Gasteiger partial charge in [-0.2, -0.15) is 0 Å². The van der Waals surface area contributed by atoms with E-state index in [0.717, 1.165) is 20.9 Å². The lowest BCUT2D eigenvalue weighted by Crippen LogP contribution is -2.08. The standard InChI is InChI=1S/C12H10BrN3O2S2/c13-7-2-1-3-8(6-7)14-11-15-16-12(20-11)19-9-4-5-18-10(9)17/h1-3,6,9H,4-5H2,(H,14,15)/t9-/m1/s1. The lowest BCUT2D eigenvalue weighted by Gasteiger charge is -2.01. The summed E-state index contributed by atoms with van der Waals surface area (Å²) >= 11 is 6.26. The molecule has 2 aromatic rings. The number of carbonyl (C=O) groups excluding carboxylic acids is 1. The van der Waals surface area contributed by atoms with E-state index in [4.69, 9.17) is 4.74 Å². The molecule has 0 unspecified atom stereocenters. The molecule has 0 aliphatic carbocycles. The number of benzene rings is 1. The van der Waals surface area contributed by atoms with Crippen LogP contribution in [-0.4, -0.2) is 28.0 Å². The van der Waals surface area contributed by atoms with Gasteiger partial charge in [0.15, 0.2) is 4.34 Å². The fraction of sp³-hybridized carbons (Fsp3) is 0.250. The van der Waals surface area contributed by atoms with Crippen molar-refractivity contribution in [1.82, 2.24) is 10.2 Å². The largest absolute Gasteiger partial charge is 0.465 e. The molecule has 1 N–H and O–H groups in total. The zero-order valence-electron chi connectivity index (χ0n) is 10.2. The molecule has 1 aromatic carbocycles. The van der Waals surface area contributed by atoms with Crippen molar-refractivity contribution in [2.45, 2.75) is 16.0 Å². The topological polar surface area (TPSA) is 64.1 Å². The van der Waals surface area contributed by atoms with Gasteiger partial charge in [-0.3, -0.25) is 4.79 Å². The van der Waals surface area contributed by atoms with Crippen molar-refractivity contribution in [2.75, 3.05) is 11.9 Å². The van der Waals surface area contributed by atoms with Gasteiger partial charge in [-0.25, -0.2) is 0 Å². The summed E-state index contributed by atoms with van der Waals surface area (Å²) in [6.07, 6.45) is 0.734. The van der Waals surface area contributed by atoms with E-state index in [1.165, 1.54) is 23.1 Å². The Kier molecular flexibility index (Phi) is 4.23. The Morgan fingerprint density at radius 2 is 2.35 bits per heavy atom. The van der Waals surface area contributed by atoms with Crippen molar-refractivity contribution in [1.29, 1.82) is 0 Å². The van der Waals surface area contributed by atoms with Gasteiger partial charge in [-0.1, -0.05) is 45.1 Å². The number of rotatable bonds is 4. The molecule has 1 saturated heterocycles. The molecular weight excluding hydrogens is 362 g/mol. The van der Waals surface area contributed by atoms with Crippen molar-refractivity contribution in [3.05, 3.63) is 28.7 Å². The molecule has 0 spiro atoms. The lowest BCUT2D eigenvalue weighted by molar-refractivity contribution is -0.137. The van der Waals surface area contributed by atoms with Gasteiger partial charge in [0.1, 0.15) is 5.25 Å². The molecule has 0 radical (unpaired) electrons. The summed E-state index contributed by atoms with van der Waals surface area (Å²) in [4.78, 5) is 11.4. The van der Waals surface area contributed by atoms with Crippen LogP contribution >= 0.6 is 39.0 Å². The fourth-order valence-corrected chi connectivity index (χ4v) is 4.09. The number of hydrogen-bond donors (Lipinski definition) is 1. The number of esters is 1. The minimum atomic E-state index is -0.160. The average molecular weight is 372 g/mol. The van der Waals surface area contributed by atoms with Gasteiger partial charge in [0.05, 0.1) is 6.61 Å². The molecule has 1 fully saturated rings. The second-order valence-corrected chi connectivity index (χ2v) is 7.41. The summed E-state index contributed by atoms with van der Waals surface area (Å²) in [5.41, 5.74) is 0.937. The summed E-state index contributed by atoms with van der Waals surface area (Å²) in [7, 11) is 0. The number of cyclic esters (lactones) is 1. The maximum atomic E-state index is 11.4. The van der Waals surface area contributed by atoms with Crippen molar-refractivity contribution < 1.29 is 9.53 Å². The third-order valence-electron chi connectivity index (χ3n) is 2.61. The van der Waals surface area contributed by atoms with E-state index in [2.05, 4.69) is 31.4 Å². The second kappa shape index (κ2) is 6.11. The molecule has 104 valence electrons. The highest BCUT2D eigenvalue weighted by Crippen LogP contribution is 2.34. The van der Waals surface area contributed by atoms with E-state index in [-0.39, 0.29) is 11.2 Å². The maximum Gasteiger partial charge on any atom is 0.319 e. The highest BCUT2D eigenvalue weighted by molar-refractivity contribution is 9.10. The van der Waals surface area contributed by atoms with Crippen molar-refractivity contribution in [3.8, 4) is 0 Å². The van der Waals surface area contributed by atoms with E-state index < -0.39 is 0 Å². The van der Waals surface area contributed by atoms with Gasteiger partial charge in [-0.15, -0.1) is 10.2 Å². The quantitative estimate of drug-likeness (QED) is 0.830. The van der Waals surface area contributed by atoms with Crippen LogP contribution in [0.3, 0.4) is 0 Å². The SMILES string of the molecule is O=C1OCC[C@H]1Sc1nnc(Nc2cccc(Br)c2)s1. The molecule has 20 heavy (non-hydrogen) atoms. The Bertz CT molecular complexity index is 635. The number of nitrogens with one attached hydrogen (secondary N) is 1. The van der Waals surface area contributed by atoms with Gasteiger partial charge in [-0.05, 0) is 18.2 Å². The van der Waals surface area contributed by atoms with Crippen molar-refractivity contribution in [2.24, 2.45) is 0 Å². The first kappa shape index (κ1) is 13.8. The predicted octanol–water partition coefficient (Wildman–Crippen LogP) is 3.45. The molecule has 0 saturated carbocycles. The normalized spacial score (nSPS) is 18.1. The Morgan fingerprint density at radius 3 is 3.10 bits per heavy atom. The first-order valence-corrected chi connectivity index (χ1v) is 8.39. The highest BCUT2D eigenvalue weighted by Gasteiger charge is 2.28. The number of anilines is 2. The molecule has 1 atom stereocenters. The number of ether oxygens (including phenoxy) is 1. The van der Waals surface area contributed by atoms with E-state index in [1.54, 1.807) is 0 Å². The molecule has 5 nitrogen and oxygen atoms in total. The number of halogens is 1. The van der Waals surface area contributed by atoms with Crippen molar-refractivity contribution in [3.63, 3.8) is 0 Å². The zero-order chi connectivity index (χ0) is 13.9. The van der Waals surface area contributed by atoms with E-state index in [1.807, 2.05) is 24.3 Å². The molecular formula is C12H10BrN3O2S2. The first-order valence-electron chi connectivity index (χ1n) is 5.90. The average Bonchev–Trinajstić information content (AvgIpc) is 3.01. The van der Waals surface area contributed by atoms with Gasteiger partial charge >= 0.3 is 5.97 Å². The van der Waals surface area contributed by atoms with Crippen LogP contribution in [0.1, 0.15) is 6.42 Å². The smallest absolute Gasteiger partial charge is 0.319 e. The summed E-state index contributed by atoms with van der Waals surface area (Å²) in [5.74, 6) is -0.160. The number of aromatic nitrogens is 2. The van der Waals surface area contributed by atoms with Crippen LogP contribution in [-0.2, 0) is 9.53 Å². The summed E-state index contributed by atoms with van der Waals surface area (Å²) in [6, 6.07) is 7.81. The minimum absolute atomic E-state index is 0.151. The van der Waals surface area contributed by atoms with Gasteiger partial charge < -0.3 is 10.1 Å². The minimum Gasteiger partial charge on any atom is -0.465 e. The second-order valence-electron chi connectivity index (χ2n) is 4.07. The van der Waals surface area contributed by atoms with Crippen LogP contribution in [0.2, 0.25) is 0 Å². The number of hydrogen-bond acceptors (Lipinski definition) is 7. The molecule has 2 heterocycles. The summed E-state index contributed by atoms with van der Waals surface area (Å²) in [5, 5.41) is 11.9. The van der Waals surface area contributed by atoms with Gasteiger partial charge in [0.2, 0.25) is 5.13 Å². The van der Waals surface area contributed by atoms with Crippen LogP contribution in [0.25, 0.3) is 0 Å². The van der Waals surface area contributed by atoms with E-state index >= 15 is 0 Å². The van der Waals surface area contributed by atoms with E-state index in [9.17, 15) is 4.79 Å². The Labute approximate surface area is 132 Å².